The smallest absolute Gasteiger partial charge is 0.161 e. The van der Waals surface area contributed by atoms with E-state index in [4.69, 9.17) is 21.0 Å². The van der Waals surface area contributed by atoms with Gasteiger partial charge in [0.15, 0.2) is 5.58 Å². The first kappa shape index (κ1) is 14.7. The van der Waals surface area contributed by atoms with Crippen LogP contribution >= 0.6 is 22.9 Å². The number of rotatable bonds is 2. The average molecular weight is 362 g/mol. The van der Waals surface area contributed by atoms with Crippen LogP contribution in [0.4, 0.5) is 0 Å². The van der Waals surface area contributed by atoms with E-state index in [-0.39, 0.29) is 0 Å². The molecule has 3 heterocycles. The third-order valence-electron chi connectivity index (χ3n) is 4.31. The van der Waals surface area contributed by atoms with Crippen LogP contribution in [0.25, 0.3) is 44.5 Å². The van der Waals surface area contributed by atoms with Crippen molar-refractivity contribution in [2.75, 3.05) is 0 Å². The lowest BCUT2D eigenvalue weighted by Crippen LogP contribution is -1.88. The third kappa shape index (κ3) is 2.36. The first-order valence-electron chi connectivity index (χ1n) is 7.91. The van der Waals surface area contributed by atoms with Gasteiger partial charge in [-0.15, -0.1) is 0 Å². The van der Waals surface area contributed by atoms with E-state index in [2.05, 4.69) is 22.9 Å². The zero-order valence-electron chi connectivity index (χ0n) is 13.1. The second-order valence-electron chi connectivity index (χ2n) is 5.82. The topological polar surface area (TPSA) is 26.0 Å². The van der Waals surface area contributed by atoms with Crippen molar-refractivity contribution in [2.24, 2.45) is 0 Å². The molecule has 0 radical (unpaired) electrons. The second-order valence-corrected chi connectivity index (χ2v) is 7.01. The quantitative estimate of drug-likeness (QED) is 0.337. The van der Waals surface area contributed by atoms with Crippen LogP contribution in [0.2, 0.25) is 5.02 Å². The van der Waals surface area contributed by atoms with Crippen molar-refractivity contribution in [3.8, 4) is 22.4 Å². The van der Waals surface area contributed by atoms with E-state index in [1.807, 2.05) is 48.5 Å². The predicted molar refractivity (Wildman–Crippen MR) is 105 cm³/mol. The summed E-state index contributed by atoms with van der Waals surface area (Å²) in [6, 6.07) is 20.0. The monoisotopic (exact) mass is 361 g/mol. The highest BCUT2D eigenvalue weighted by atomic mass is 35.5. The van der Waals surface area contributed by atoms with Crippen molar-refractivity contribution in [3.05, 3.63) is 76.4 Å². The van der Waals surface area contributed by atoms with Crippen LogP contribution in [0, 0.1) is 0 Å². The Morgan fingerprint density at radius 2 is 1.76 bits per heavy atom. The SMILES string of the molecule is Clc1ccccc1-c1cc(-c2ccsc2)c2oc3ccccc3c2n1. The minimum Gasteiger partial charge on any atom is -0.454 e. The Balaban J connectivity index is 1.92. The Morgan fingerprint density at radius 1 is 0.920 bits per heavy atom. The summed E-state index contributed by atoms with van der Waals surface area (Å²) >= 11 is 8.08. The molecule has 5 rings (SSSR count). The molecule has 0 saturated heterocycles. The van der Waals surface area contributed by atoms with E-state index in [0.717, 1.165) is 44.5 Å². The maximum Gasteiger partial charge on any atom is 0.161 e. The van der Waals surface area contributed by atoms with Crippen molar-refractivity contribution < 1.29 is 4.42 Å². The van der Waals surface area contributed by atoms with Crippen molar-refractivity contribution in [2.45, 2.75) is 0 Å². The highest BCUT2D eigenvalue weighted by molar-refractivity contribution is 7.08. The second kappa shape index (κ2) is 5.73. The lowest BCUT2D eigenvalue weighted by atomic mass is 10.0. The minimum absolute atomic E-state index is 0.693. The van der Waals surface area contributed by atoms with Crippen LogP contribution in [0.1, 0.15) is 0 Å². The standard InChI is InChI=1S/C21H12ClNOS/c22-17-7-3-1-5-14(17)18-11-16(13-9-10-25-12-13)21-20(23-18)15-6-2-4-8-19(15)24-21/h1-12H. The molecule has 0 aliphatic rings. The van der Waals surface area contributed by atoms with Crippen molar-refractivity contribution in [3.63, 3.8) is 0 Å². The van der Waals surface area contributed by atoms with E-state index in [9.17, 15) is 0 Å². The highest BCUT2D eigenvalue weighted by Crippen LogP contribution is 2.39. The number of halogens is 1. The molecule has 0 N–H and O–H groups in total. The van der Waals surface area contributed by atoms with Crippen molar-refractivity contribution in [1.29, 1.82) is 0 Å². The number of benzene rings is 2. The van der Waals surface area contributed by atoms with Gasteiger partial charge in [0.2, 0.25) is 0 Å². The van der Waals surface area contributed by atoms with Crippen LogP contribution in [0.15, 0.2) is 75.8 Å². The van der Waals surface area contributed by atoms with Gasteiger partial charge in [-0.1, -0.05) is 41.9 Å². The number of para-hydroxylation sites is 1. The summed E-state index contributed by atoms with van der Waals surface area (Å²) in [5.41, 5.74) is 6.48. The summed E-state index contributed by atoms with van der Waals surface area (Å²) in [6.45, 7) is 0. The summed E-state index contributed by atoms with van der Waals surface area (Å²) < 4.78 is 6.14. The molecule has 0 aliphatic carbocycles. The number of hydrogen-bond acceptors (Lipinski definition) is 3. The molecule has 0 unspecified atom stereocenters. The molecule has 25 heavy (non-hydrogen) atoms. The van der Waals surface area contributed by atoms with E-state index in [1.165, 1.54) is 0 Å². The molecular formula is C21H12ClNOS. The summed E-state index contributed by atoms with van der Waals surface area (Å²) in [5.74, 6) is 0. The molecule has 4 heteroatoms. The van der Waals surface area contributed by atoms with Gasteiger partial charge >= 0.3 is 0 Å². The van der Waals surface area contributed by atoms with Crippen molar-refractivity contribution >= 4 is 45.0 Å². The van der Waals surface area contributed by atoms with Gasteiger partial charge in [-0.3, -0.25) is 0 Å². The van der Waals surface area contributed by atoms with Crippen LogP contribution in [0.5, 0.6) is 0 Å². The molecule has 2 nitrogen and oxygen atoms in total. The number of fused-ring (bicyclic) bond motifs is 3. The zero-order valence-corrected chi connectivity index (χ0v) is 14.6. The Hall–Kier alpha value is -2.62. The number of hydrogen-bond donors (Lipinski definition) is 0. The first-order chi connectivity index (χ1) is 12.3. The lowest BCUT2D eigenvalue weighted by molar-refractivity contribution is 0.669. The summed E-state index contributed by atoms with van der Waals surface area (Å²) in [6.07, 6.45) is 0. The normalized spacial score (nSPS) is 11.4. The molecule has 0 aliphatic heterocycles. The third-order valence-corrected chi connectivity index (χ3v) is 5.32. The molecule has 0 amide bonds. The number of thiophene rings is 1. The van der Waals surface area contributed by atoms with Gasteiger partial charge in [0, 0.05) is 21.5 Å². The molecular weight excluding hydrogens is 350 g/mol. The van der Waals surface area contributed by atoms with E-state index >= 15 is 0 Å². The number of pyridine rings is 1. The fourth-order valence-electron chi connectivity index (χ4n) is 3.12. The number of furan rings is 1. The van der Waals surface area contributed by atoms with Gasteiger partial charge in [-0.2, -0.15) is 11.3 Å². The van der Waals surface area contributed by atoms with E-state index in [0.29, 0.717) is 5.02 Å². The Bertz CT molecular complexity index is 1210. The highest BCUT2D eigenvalue weighted by Gasteiger charge is 2.17. The summed E-state index contributed by atoms with van der Waals surface area (Å²) in [7, 11) is 0. The molecule has 5 aromatic rings. The maximum atomic E-state index is 6.42. The van der Waals surface area contributed by atoms with Crippen LogP contribution < -0.4 is 0 Å². The van der Waals surface area contributed by atoms with E-state index < -0.39 is 0 Å². The van der Waals surface area contributed by atoms with Gasteiger partial charge in [0.05, 0.1) is 5.69 Å². The van der Waals surface area contributed by atoms with Crippen LogP contribution in [0.3, 0.4) is 0 Å². The van der Waals surface area contributed by atoms with Gasteiger partial charge in [0.1, 0.15) is 11.1 Å². The van der Waals surface area contributed by atoms with Gasteiger partial charge in [0.25, 0.3) is 0 Å². The Kier molecular flexibility index (Phi) is 3.37. The van der Waals surface area contributed by atoms with Gasteiger partial charge < -0.3 is 4.42 Å². The molecule has 120 valence electrons. The molecule has 0 saturated carbocycles. The number of aromatic nitrogens is 1. The zero-order chi connectivity index (χ0) is 16.8. The first-order valence-corrected chi connectivity index (χ1v) is 9.23. The van der Waals surface area contributed by atoms with Crippen LogP contribution in [-0.4, -0.2) is 4.98 Å². The average Bonchev–Trinajstić information content (AvgIpc) is 3.29. The largest absolute Gasteiger partial charge is 0.454 e. The molecule has 0 spiro atoms. The Morgan fingerprint density at radius 3 is 2.60 bits per heavy atom. The number of nitrogens with zero attached hydrogens (tertiary/aromatic N) is 1. The molecule has 3 aromatic heterocycles. The van der Waals surface area contributed by atoms with Crippen molar-refractivity contribution in [1.82, 2.24) is 4.98 Å². The molecule has 0 bridgehead atoms. The fourth-order valence-corrected chi connectivity index (χ4v) is 4.01. The summed E-state index contributed by atoms with van der Waals surface area (Å²) in [4.78, 5) is 4.89. The molecule has 0 atom stereocenters. The van der Waals surface area contributed by atoms with Crippen LogP contribution in [-0.2, 0) is 0 Å². The van der Waals surface area contributed by atoms with E-state index in [1.54, 1.807) is 11.3 Å². The minimum atomic E-state index is 0.693. The predicted octanol–water partition coefficient (Wildman–Crippen LogP) is 7.03. The summed E-state index contributed by atoms with van der Waals surface area (Å²) in [5, 5.41) is 5.90. The Labute approximate surface area is 153 Å². The lowest BCUT2D eigenvalue weighted by Gasteiger charge is -2.07. The molecule has 2 aromatic carbocycles. The molecule has 0 fully saturated rings. The van der Waals surface area contributed by atoms with Gasteiger partial charge in [-0.25, -0.2) is 4.98 Å². The fraction of sp³-hybridized carbons (Fsp3) is 0. The maximum absolute atomic E-state index is 6.42. The van der Waals surface area contributed by atoms with Gasteiger partial charge in [-0.05, 0) is 46.7 Å².